The van der Waals surface area contributed by atoms with Crippen LogP contribution in [0.3, 0.4) is 0 Å². The normalized spacial score (nSPS) is 25.8. The van der Waals surface area contributed by atoms with Crippen LogP contribution in [0.15, 0.2) is 71.5 Å². The van der Waals surface area contributed by atoms with Gasteiger partial charge < -0.3 is 4.74 Å². The summed E-state index contributed by atoms with van der Waals surface area (Å²) in [5.41, 5.74) is 3.26. The van der Waals surface area contributed by atoms with Crippen LogP contribution in [0.25, 0.3) is 0 Å². The topological polar surface area (TPSA) is 46.6 Å². The van der Waals surface area contributed by atoms with Crippen LogP contribution in [-0.2, 0) is 26.9 Å². The van der Waals surface area contributed by atoms with E-state index in [9.17, 15) is 22.8 Å². The summed E-state index contributed by atoms with van der Waals surface area (Å²) < 4.78 is 45.7. The van der Waals surface area contributed by atoms with E-state index >= 15 is 0 Å². The number of nitrogens with zero attached hydrogens (tertiary/aromatic N) is 1. The summed E-state index contributed by atoms with van der Waals surface area (Å²) in [4.78, 5) is 26.9. The van der Waals surface area contributed by atoms with Gasteiger partial charge in [0.1, 0.15) is 0 Å². The van der Waals surface area contributed by atoms with Gasteiger partial charge in [-0.1, -0.05) is 30.3 Å². The summed E-state index contributed by atoms with van der Waals surface area (Å²) in [7, 11) is 0. The highest BCUT2D eigenvalue weighted by atomic mass is 19.4. The van der Waals surface area contributed by atoms with E-state index < -0.39 is 23.9 Å². The van der Waals surface area contributed by atoms with Crippen molar-refractivity contribution in [3.8, 4) is 0 Å². The fraction of sp³-hybridized carbons (Fsp3) is 0.308. The van der Waals surface area contributed by atoms with E-state index in [0.717, 1.165) is 18.6 Å². The molecule has 0 spiro atoms. The van der Waals surface area contributed by atoms with Gasteiger partial charge in [-0.3, -0.25) is 14.5 Å². The average molecular weight is 453 g/mol. The fourth-order valence-corrected chi connectivity index (χ4v) is 5.15. The molecule has 2 aromatic rings. The number of carbonyl (C=O) groups is 2. The number of amides is 1. The van der Waals surface area contributed by atoms with E-state index in [-0.39, 0.29) is 23.3 Å². The number of carbonyl (C=O) groups excluding carboxylic acids is 2. The number of hydrogen-bond acceptors (Lipinski definition) is 3. The molecule has 2 aliphatic carbocycles. The van der Waals surface area contributed by atoms with Crippen LogP contribution in [0.2, 0.25) is 0 Å². The van der Waals surface area contributed by atoms with Crippen molar-refractivity contribution in [1.29, 1.82) is 0 Å². The quantitative estimate of drug-likeness (QED) is 0.453. The number of rotatable bonds is 3. The van der Waals surface area contributed by atoms with Crippen LogP contribution in [-0.4, -0.2) is 17.9 Å². The standard InChI is InChI=1S/C26H22F3NO3/c1-14-15(2)25(30(24(14)32)18-8-5-7-17(11-18)26(27,28)29)33-13-22-20-10-16-6-3-4-9-19(16)21(20)12-23(22)31/h3-9,11,13,20-21,25H,10,12H2,1-2H3/b22-13+. The van der Waals surface area contributed by atoms with Gasteiger partial charge >= 0.3 is 6.18 Å². The lowest BCUT2D eigenvalue weighted by atomic mass is 9.95. The lowest BCUT2D eigenvalue weighted by Gasteiger charge is -2.27. The SMILES string of the molecule is CC1=C(C)C(O/C=C2/C(=O)CC3c4ccccc4CC23)N(c2cccc(C(F)(F)F)c2)C1=O. The molecule has 2 aromatic carbocycles. The average Bonchev–Trinajstić information content (AvgIpc) is 3.36. The first-order valence-electron chi connectivity index (χ1n) is 10.8. The number of Topliss-reactive ketones (excluding diaryl/α,β-unsaturated/α-hetero) is 1. The monoisotopic (exact) mass is 453 g/mol. The van der Waals surface area contributed by atoms with Crippen molar-refractivity contribution in [2.75, 3.05) is 4.90 Å². The first-order chi connectivity index (χ1) is 15.7. The summed E-state index contributed by atoms with van der Waals surface area (Å²) in [6.45, 7) is 3.34. The van der Waals surface area contributed by atoms with Crippen molar-refractivity contribution in [1.82, 2.24) is 0 Å². The third kappa shape index (κ3) is 3.46. The summed E-state index contributed by atoms with van der Waals surface area (Å²) in [6.07, 6.45) is -2.86. The lowest BCUT2D eigenvalue weighted by molar-refractivity contribution is -0.137. The Labute approximate surface area is 189 Å². The predicted molar refractivity (Wildman–Crippen MR) is 116 cm³/mol. The molecular weight excluding hydrogens is 431 g/mol. The molecular formula is C26H22F3NO3. The number of alkyl halides is 3. The van der Waals surface area contributed by atoms with E-state index in [4.69, 9.17) is 4.74 Å². The lowest BCUT2D eigenvalue weighted by Crippen LogP contribution is -2.36. The maximum atomic E-state index is 13.2. The minimum Gasteiger partial charge on any atom is -0.473 e. The first kappa shape index (κ1) is 21.5. The Morgan fingerprint density at radius 3 is 2.52 bits per heavy atom. The number of benzene rings is 2. The summed E-state index contributed by atoms with van der Waals surface area (Å²) in [5, 5.41) is 0. The van der Waals surface area contributed by atoms with E-state index in [1.165, 1.54) is 34.4 Å². The molecule has 1 heterocycles. The van der Waals surface area contributed by atoms with Crippen LogP contribution in [0.1, 0.15) is 42.9 Å². The molecule has 0 aromatic heterocycles. The number of hydrogen-bond donors (Lipinski definition) is 0. The van der Waals surface area contributed by atoms with Gasteiger partial charge in [0.05, 0.1) is 11.8 Å². The van der Waals surface area contributed by atoms with Gasteiger partial charge in [0.25, 0.3) is 5.91 Å². The van der Waals surface area contributed by atoms with Crippen LogP contribution in [0.4, 0.5) is 18.9 Å². The van der Waals surface area contributed by atoms with Gasteiger partial charge in [-0.2, -0.15) is 13.2 Å². The number of allylic oxidation sites excluding steroid dienone is 1. The molecule has 4 nitrogen and oxygen atoms in total. The van der Waals surface area contributed by atoms with Gasteiger partial charge in [-0.25, -0.2) is 0 Å². The number of ether oxygens (including phenoxy) is 1. The van der Waals surface area contributed by atoms with E-state index in [0.29, 0.717) is 23.1 Å². The molecule has 5 rings (SSSR count). The zero-order valence-corrected chi connectivity index (χ0v) is 18.1. The molecule has 3 unspecified atom stereocenters. The van der Waals surface area contributed by atoms with Crippen molar-refractivity contribution in [2.45, 2.75) is 45.0 Å². The van der Waals surface area contributed by atoms with Crippen LogP contribution < -0.4 is 4.90 Å². The Balaban J connectivity index is 1.45. The molecule has 1 amide bonds. The molecule has 3 aliphatic rings. The van der Waals surface area contributed by atoms with Crippen molar-refractivity contribution in [3.05, 3.63) is 88.2 Å². The molecule has 170 valence electrons. The second-order valence-electron chi connectivity index (χ2n) is 8.84. The number of ketones is 1. The fourth-order valence-electron chi connectivity index (χ4n) is 5.15. The van der Waals surface area contributed by atoms with Crippen molar-refractivity contribution in [2.24, 2.45) is 5.92 Å². The smallest absolute Gasteiger partial charge is 0.416 e. The predicted octanol–water partition coefficient (Wildman–Crippen LogP) is 5.54. The number of fused-ring (bicyclic) bond motifs is 3. The van der Waals surface area contributed by atoms with Crippen LogP contribution in [0, 0.1) is 5.92 Å². The summed E-state index contributed by atoms with van der Waals surface area (Å²) in [6, 6.07) is 12.7. The Bertz CT molecular complexity index is 1230. The third-order valence-corrected chi connectivity index (χ3v) is 7.02. The van der Waals surface area contributed by atoms with Gasteiger partial charge in [0.2, 0.25) is 6.23 Å². The number of halogens is 3. The Morgan fingerprint density at radius 1 is 1.00 bits per heavy atom. The maximum Gasteiger partial charge on any atom is 0.416 e. The highest BCUT2D eigenvalue weighted by Gasteiger charge is 2.45. The van der Waals surface area contributed by atoms with Crippen LogP contribution >= 0.6 is 0 Å². The van der Waals surface area contributed by atoms with Gasteiger partial charge in [0, 0.05) is 29.2 Å². The molecule has 33 heavy (non-hydrogen) atoms. The first-order valence-corrected chi connectivity index (χ1v) is 10.8. The highest BCUT2D eigenvalue weighted by molar-refractivity contribution is 6.09. The minimum absolute atomic E-state index is 0.00722. The molecule has 1 saturated carbocycles. The van der Waals surface area contributed by atoms with Crippen LogP contribution in [0.5, 0.6) is 0 Å². The zero-order chi connectivity index (χ0) is 23.5. The van der Waals surface area contributed by atoms with Gasteiger partial charge in [-0.05, 0) is 61.1 Å². The molecule has 1 aliphatic heterocycles. The summed E-state index contributed by atoms with van der Waals surface area (Å²) >= 11 is 0. The van der Waals surface area contributed by atoms with Gasteiger partial charge in [-0.15, -0.1) is 0 Å². The van der Waals surface area contributed by atoms with Crippen molar-refractivity contribution >= 4 is 17.4 Å². The summed E-state index contributed by atoms with van der Waals surface area (Å²) in [5.74, 6) is -0.280. The van der Waals surface area contributed by atoms with E-state index in [1.54, 1.807) is 13.8 Å². The van der Waals surface area contributed by atoms with Crippen molar-refractivity contribution < 1.29 is 27.5 Å². The molecule has 1 fully saturated rings. The highest BCUT2D eigenvalue weighted by Crippen LogP contribution is 2.49. The number of anilines is 1. The Morgan fingerprint density at radius 2 is 1.76 bits per heavy atom. The second kappa shape index (κ2) is 7.61. The second-order valence-corrected chi connectivity index (χ2v) is 8.84. The third-order valence-electron chi connectivity index (χ3n) is 7.02. The minimum atomic E-state index is -4.53. The molecule has 0 saturated heterocycles. The van der Waals surface area contributed by atoms with Crippen molar-refractivity contribution in [3.63, 3.8) is 0 Å². The molecule has 7 heteroatoms. The Hall–Kier alpha value is -3.35. The molecule has 3 atom stereocenters. The molecule has 0 radical (unpaired) electrons. The maximum absolute atomic E-state index is 13.2. The molecule has 0 N–H and O–H groups in total. The Kier molecular flexibility index (Phi) is 4.96. The molecule has 0 bridgehead atoms. The van der Waals surface area contributed by atoms with E-state index in [2.05, 4.69) is 12.1 Å². The van der Waals surface area contributed by atoms with Gasteiger partial charge in [0.15, 0.2) is 5.78 Å². The largest absolute Gasteiger partial charge is 0.473 e. The zero-order valence-electron chi connectivity index (χ0n) is 18.1. The van der Waals surface area contributed by atoms with E-state index in [1.807, 2.05) is 12.1 Å².